The van der Waals surface area contributed by atoms with Crippen molar-refractivity contribution in [1.82, 2.24) is 0 Å². The summed E-state index contributed by atoms with van der Waals surface area (Å²) in [6.07, 6.45) is 2.16. The highest BCUT2D eigenvalue weighted by molar-refractivity contribution is 6.10. The normalized spacial score (nSPS) is 18.3. The summed E-state index contributed by atoms with van der Waals surface area (Å²) in [6, 6.07) is 12.9. The number of benzene rings is 2. The largest absolute Gasteiger partial charge is 0.507 e. The molecule has 0 aromatic heterocycles. The van der Waals surface area contributed by atoms with Crippen LogP contribution in [0, 0.1) is 0 Å². The number of ketones is 1. The number of carbonyl (C=O) groups is 1. The van der Waals surface area contributed by atoms with Gasteiger partial charge in [0.05, 0.1) is 5.56 Å². The number of phenolic OH excluding ortho intramolecular Hbond substituents is 1. The summed E-state index contributed by atoms with van der Waals surface area (Å²) in [5.41, 5.74) is 3.40. The summed E-state index contributed by atoms with van der Waals surface area (Å²) < 4.78 is 0. The molecule has 1 N–H and O–H groups in total. The number of rotatable bonds is 2. The number of phenols is 1. The Labute approximate surface area is 138 Å². The molecule has 2 aromatic rings. The second kappa shape index (κ2) is 5.23. The molecular weight excluding hydrogens is 284 g/mol. The molecule has 0 spiro atoms. The van der Waals surface area contributed by atoms with Crippen LogP contribution in [-0.4, -0.2) is 10.9 Å². The Hall–Kier alpha value is -2.09. The van der Waals surface area contributed by atoms with Gasteiger partial charge in [0.1, 0.15) is 5.75 Å². The average molecular weight is 308 g/mol. The Bertz CT molecular complexity index is 755. The van der Waals surface area contributed by atoms with Crippen LogP contribution in [0.1, 0.15) is 67.6 Å². The molecule has 3 rings (SSSR count). The summed E-state index contributed by atoms with van der Waals surface area (Å²) in [4.78, 5) is 12.8. The summed E-state index contributed by atoms with van der Waals surface area (Å²) >= 11 is 0. The van der Waals surface area contributed by atoms with Gasteiger partial charge in [-0.05, 0) is 46.9 Å². The Morgan fingerprint density at radius 1 is 0.913 bits per heavy atom. The van der Waals surface area contributed by atoms with E-state index in [1.54, 1.807) is 12.1 Å². The molecule has 0 amide bonds. The van der Waals surface area contributed by atoms with Gasteiger partial charge in [-0.1, -0.05) is 58.0 Å². The summed E-state index contributed by atoms with van der Waals surface area (Å²) in [5, 5.41) is 10.5. The van der Waals surface area contributed by atoms with Crippen LogP contribution in [-0.2, 0) is 10.8 Å². The first-order valence-corrected chi connectivity index (χ1v) is 8.20. The molecule has 0 aliphatic heterocycles. The van der Waals surface area contributed by atoms with Gasteiger partial charge in [0.25, 0.3) is 0 Å². The summed E-state index contributed by atoms with van der Waals surface area (Å²) in [6.45, 7) is 8.85. The van der Waals surface area contributed by atoms with Gasteiger partial charge >= 0.3 is 0 Å². The zero-order chi connectivity index (χ0) is 16.8. The topological polar surface area (TPSA) is 37.3 Å². The van der Waals surface area contributed by atoms with Crippen LogP contribution < -0.4 is 0 Å². The molecule has 23 heavy (non-hydrogen) atoms. The van der Waals surface area contributed by atoms with Crippen molar-refractivity contribution in [2.75, 3.05) is 0 Å². The Morgan fingerprint density at radius 3 is 2.00 bits per heavy atom. The minimum atomic E-state index is -0.120. The molecule has 1 aliphatic carbocycles. The van der Waals surface area contributed by atoms with Crippen LogP contribution >= 0.6 is 0 Å². The first-order chi connectivity index (χ1) is 10.7. The summed E-state index contributed by atoms with van der Waals surface area (Å²) in [7, 11) is 0. The van der Waals surface area contributed by atoms with Gasteiger partial charge in [-0.25, -0.2) is 0 Å². The Balaban J connectivity index is 2.17. The summed E-state index contributed by atoms with van der Waals surface area (Å²) in [5.74, 6) is -0.0338. The highest BCUT2D eigenvalue weighted by Crippen LogP contribution is 2.47. The van der Waals surface area contributed by atoms with Crippen LogP contribution in [0.25, 0.3) is 0 Å². The number of aromatic hydroxyl groups is 1. The zero-order valence-electron chi connectivity index (χ0n) is 14.3. The van der Waals surface area contributed by atoms with E-state index in [0.717, 1.165) is 18.4 Å². The molecule has 2 heteroatoms. The third-order valence-electron chi connectivity index (χ3n) is 5.25. The van der Waals surface area contributed by atoms with E-state index in [2.05, 4.69) is 27.7 Å². The van der Waals surface area contributed by atoms with Gasteiger partial charge in [-0.2, -0.15) is 0 Å². The lowest BCUT2D eigenvalue weighted by Crippen LogP contribution is -2.34. The van der Waals surface area contributed by atoms with Gasteiger partial charge < -0.3 is 5.11 Å². The predicted molar refractivity (Wildman–Crippen MR) is 93.3 cm³/mol. The van der Waals surface area contributed by atoms with Crippen molar-refractivity contribution >= 4 is 5.78 Å². The number of carbonyl (C=O) groups excluding carboxylic acids is 1. The average Bonchev–Trinajstić information content (AvgIpc) is 2.52. The molecule has 0 radical (unpaired) electrons. The molecule has 0 saturated carbocycles. The van der Waals surface area contributed by atoms with Crippen molar-refractivity contribution in [3.8, 4) is 5.75 Å². The van der Waals surface area contributed by atoms with Gasteiger partial charge in [0, 0.05) is 5.56 Å². The molecule has 0 atom stereocenters. The molecule has 120 valence electrons. The van der Waals surface area contributed by atoms with Crippen molar-refractivity contribution < 1.29 is 9.90 Å². The Kier molecular flexibility index (Phi) is 3.59. The van der Waals surface area contributed by atoms with Crippen LogP contribution in [0.5, 0.6) is 5.75 Å². The third-order valence-corrected chi connectivity index (χ3v) is 5.25. The SMILES string of the molecule is CC1(C)CCC(C)(C)c2cc(C(=O)c3ccccc3)c(O)cc21. The standard InChI is InChI=1S/C21H24O2/c1-20(2)10-11-21(3,4)17-13-18(22)15(12-16(17)20)19(23)14-8-6-5-7-9-14/h5-9,12-13,22H,10-11H2,1-4H3. The minimum Gasteiger partial charge on any atom is -0.507 e. The fraction of sp³-hybridized carbons (Fsp3) is 0.381. The maximum absolute atomic E-state index is 12.8. The second-order valence-corrected chi connectivity index (χ2v) is 7.88. The van der Waals surface area contributed by atoms with Crippen LogP contribution in [0.15, 0.2) is 42.5 Å². The lowest BCUT2D eigenvalue weighted by molar-refractivity contribution is 0.103. The van der Waals surface area contributed by atoms with E-state index in [9.17, 15) is 9.90 Å². The van der Waals surface area contributed by atoms with E-state index < -0.39 is 0 Å². The monoisotopic (exact) mass is 308 g/mol. The van der Waals surface area contributed by atoms with Crippen LogP contribution in [0.4, 0.5) is 0 Å². The Morgan fingerprint density at radius 2 is 1.43 bits per heavy atom. The van der Waals surface area contributed by atoms with Crippen molar-refractivity contribution in [2.45, 2.75) is 51.4 Å². The van der Waals surface area contributed by atoms with Crippen LogP contribution in [0.3, 0.4) is 0 Å². The molecule has 0 saturated heterocycles. The van der Waals surface area contributed by atoms with Crippen molar-refractivity contribution in [1.29, 1.82) is 0 Å². The quantitative estimate of drug-likeness (QED) is 0.795. The number of fused-ring (bicyclic) bond motifs is 1. The fourth-order valence-corrected chi connectivity index (χ4v) is 3.53. The lowest BCUT2D eigenvalue weighted by Gasteiger charge is -2.42. The first-order valence-electron chi connectivity index (χ1n) is 8.20. The lowest BCUT2D eigenvalue weighted by atomic mass is 9.62. The molecule has 1 aliphatic rings. The van der Waals surface area contributed by atoms with Gasteiger partial charge in [-0.15, -0.1) is 0 Å². The smallest absolute Gasteiger partial charge is 0.196 e. The minimum absolute atomic E-state index is 0.0181. The van der Waals surface area contributed by atoms with Crippen LogP contribution in [0.2, 0.25) is 0 Å². The van der Waals surface area contributed by atoms with E-state index in [1.807, 2.05) is 30.3 Å². The van der Waals surface area contributed by atoms with Crippen molar-refractivity contribution in [3.05, 3.63) is 64.7 Å². The maximum Gasteiger partial charge on any atom is 0.196 e. The van der Waals surface area contributed by atoms with E-state index >= 15 is 0 Å². The molecule has 0 unspecified atom stereocenters. The zero-order valence-corrected chi connectivity index (χ0v) is 14.3. The highest BCUT2D eigenvalue weighted by atomic mass is 16.3. The van der Waals surface area contributed by atoms with Gasteiger partial charge in [0.15, 0.2) is 5.78 Å². The molecule has 2 nitrogen and oxygen atoms in total. The number of hydrogen-bond acceptors (Lipinski definition) is 2. The third kappa shape index (κ3) is 2.67. The molecular formula is C21H24O2. The van der Waals surface area contributed by atoms with Gasteiger partial charge in [0.2, 0.25) is 0 Å². The predicted octanol–water partition coefficient (Wildman–Crippen LogP) is 4.97. The van der Waals surface area contributed by atoms with E-state index in [-0.39, 0.29) is 22.4 Å². The van der Waals surface area contributed by atoms with Gasteiger partial charge in [-0.3, -0.25) is 4.79 Å². The second-order valence-electron chi connectivity index (χ2n) is 7.88. The first kappa shape index (κ1) is 15.8. The van der Waals surface area contributed by atoms with Crippen molar-refractivity contribution in [2.24, 2.45) is 0 Å². The number of hydrogen-bond donors (Lipinski definition) is 1. The molecule has 0 heterocycles. The van der Waals surface area contributed by atoms with Crippen molar-refractivity contribution in [3.63, 3.8) is 0 Å². The maximum atomic E-state index is 12.8. The van der Waals surface area contributed by atoms with E-state index in [0.29, 0.717) is 11.1 Å². The molecule has 2 aromatic carbocycles. The highest BCUT2D eigenvalue weighted by Gasteiger charge is 2.38. The van der Waals surface area contributed by atoms with E-state index in [4.69, 9.17) is 0 Å². The molecule has 0 bridgehead atoms. The molecule has 0 fully saturated rings. The fourth-order valence-electron chi connectivity index (χ4n) is 3.53. The van der Waals surface area contributed by atoms with E-state index in [1.165, 1.54) is 5.56 Å².